The Bertz CT molecular complexity index is 992. The highest BCUT2D eigenvalue weighted by atomic mass is 14.5. The first-order chi connectivity index (χ1) is 13.0. The predicted molar refractivity (Wildman–Crippen MR) is 114 cm³/mol. The lowest BCUT2D eigenvalue weighted by atomic mass is 9.52. The van der Waals surface area contributed by atoms with Gasteiger partial charge in [0.05, 0.1) is 0 Å². The van der Waals surface area contributed by atoms with Gasteiger partial charge in [-0.15, -0.1) is 0 Å². The molecule has 0 atom stereocenters. The van der Waals surface area contributed by atoms with Crippen molar-refractivity contribution in [1.82, 2.24) is 0 Å². The summed E-state index contributed by atoms with van der Waals surface area (Å²) in [4.78, 5) is 0. The van der Waals surface area contributed by atoms with Crippen LogP contribution < -0.4 is 0 Å². The van der Waals surface area contributed by atoms with Crippen LogP contribution in [0.5, 0.6) is 0 Å². The third-order valence-corrected chi connectivity index (χ3v) is 6.99. The fourth-order valence-corrected chi connectivity index (χ4v) is 5.78. The van der Waals surface area contributed by atoms with Crippen LogP contribution in [-0.4, -0.2) is 0 Å². The molecule has 3 aromatic rings. The van der Waals surface area contributed by atoms with Crippen LogP contribution in [0.15, 0.2) is 60.7 Å². The molecule has 0 radical (unpaired) electrons. The Labute approximate surface area is 163 Å². The second kappa shape index (κ2) is 5.58. The van der Waals surface area contributed by atoms with Crippen LogP contribution in [0.1, 0.15) is 96.9 Å². The van der Waals surface area contributed by atoms with E-state index in [1.165, 1.54) is 33.4 Å². The van der Waals surface area contributed by atoms with Crippen LogP contribution in [0.3, 0.4) is 0 Å². The summed E-state index contributed by atoms with van der Waals surface area (Å²) in [6.45, 7) is 11.8. The van der Waals surface area contributed by atoms with E-state index in [2.05, 4.69) is 95.3 Å². The molecule has 0 aliphatic heterocycles. The molecule has 0 fully saturated rings. The van der Waals surface area contributed by atoms with Crippen LogP contribution in [0.4, 0.5) is 0 Å². The van der Waals surface area contributed by atoms with Crippen molar-refractivity contribution in [2.45, 2.75) is 57.8 Å². The molecule has 0 spiro atoms. The van der Waals surface area contributed by atoms with Crippen molar-refractivity contribution in [2.75, 3.05) is 0 Å². The average Bonchev–Trinajstić information content (AvgIpc) is 2.67. The maximum atomic E-state index is 2.45. The highest BCUT2D eigenvalue weighted by Crippen LogP contribution is 2.61. The Kier molecular flexibility index (Phi) is 3.47. The first kappa shape index (κ1) is 16.8. The van der Waals surface area contributed by atoms with Crippen LogP contribution in [0.2, 0.25) is 0 Å². The largest absolute Gasteiger partial charge is 0.0619 e. The molecule has 3 aromatic carbocycles. The maximum Gasteiger partial charge on any atom is 0.0432 e. The van der Waals surface area contributed by atoms with E-state index in [-0.39, 0.29) is 5.41 Å². The van der Waals surface area contributed by atoms with E-state index in [1.807, 2.05) is 0 Å². The Morgan fingerprint density at radius 3 is 1.63 bits per heavy atom. The molecular formula is C27H28. The minimum absolute atomic E-state index is 0.0637. The van der Waals surface area contributed by atoms with Gasteiger partial charge in [-0.2, -0.15) is 0 Å². The monoisotopic (exact) mass is 352 g/mol. The lowest BCUT2D eigenvalue weighted by Gasteiger charge is -2.51. The number of hydrogen-bond donors (Lipinski definition) is 0. The van der Waals surface area contributed by atoms with Gasteiger partial charge in [0.15, 0.2) is 0 Å². The first-order valence-corrected chi connectivity index (χ1v) is 10.3. The van der Waals surface area contributed by atoms with Crippen molar-refractivity contribution in [1.29, 1.82) is 0 Å². The van der Waals surface area contributed by atoms with E-state index in [0.717, 1.165) is 0 Å². The molecule has 136 valence electrons. The first-order valence-electron chi connectivity index (χ1n) is 10.3. The standard InChI is InChI=1S/C27H28/c1-16(2)18-11-8-14-22-24(18)26-20-10-6-7-13-21(20)27(22,5)23-15-9-12-19(17(3)4)25(23)26/h6-17,26H,1-5H3. The molecule has 3 aliphatic carbocycles. The van der Waals surface area contributed by atoms with Gasteiger partial charge in [-0.25, -0.2) is 0 Å². The molecule has 2 bridgehead atoms. The average molecular weight is 353 g/mol. The van der Waals surface area contributed by atoms with E-state index in [0.29, 0.717) is 17.8 Å². The zero-order valence-electron chi connectivity index (χ0n) is 17.0. The molecule has 3 aliphatic rings. The Hall–Kier alpha value is -2.34. The smallest absolute Gasteiger partial charge is 0.0432 e. The van der Waals surface area contributed by atoms with Crippen LogP contribution >= 0.6 is 0 Å². The van der Waals surface area contributed by atoms with E-state index in [4.69, 9.17) is 0 Å². The fraction of sp³-hybridized carbons (Fsp3) is 0.333. The topological polar surface area (TPSA) is 0 Å². The van der Waals surface area contributed by atoms with Crippen molar-refractivity contribution < 1.29 is 0 Å². The molecule has 0 amide bonds. The highest BCUT2D eigenvalue weighted by Gasteiger charge is 2.50. The Morgan fingerprint density at radius 2 is 1.11 bits per heavy atom. The van der Waals surface area contributed by atoms with Crippen molar-refractivity contribution in [3.05, 3.63) is 105 Å². The van der Waals surface area contributed by atoms with Gasteiger partial charge in [-0.3, -0.25) is 0 Å². The number of rotatable bonds is 2. The molecule has 0 heteroatoms. The van der Waals surface area contributed by atoms with Gasteiger partial charge in [0.2, 0.25) is 0 Å². The van der Waals surface area contributed by atoms with Crippen molar-refractivity contribution in [3.8, 4) is 0 Å². The van der Waals surface area contributed by atoms with Crippen LogP contribution in [0.25, 0.3) is 0 Å². The van der Waals surface area contributed by atoms with Gasteiger partial charge in [0.25, 0.3) is 0 Å². The quantitative estimate of drug-likeness (QED) is 0.461. The second-order valence-electron chi connectivity index (χ2n) is 9.07. The van der Waals surface area contributed by atoms with Crippen molar-refractivity contribution >= 4 is 0 Å². The third-order valence-electron chi connectivity index (χ3n) is 6.99. The molecule has 0 nitrogen and oxygen atoms in total. The highest BCUT2D eigenvalue weighted by molar-refractivity contribution is 5.74. The van der Waals surface area contributed by atoms with E-state index < -0.39 is 0 Å². The molecule has 0 aromatic heterocycles. The van der Waals surface area contributed by atoms with Crippen LogP contribution in [-0.2, 0) is 5.41 Å². The van der Waals surface area contributed by atoms with Gasteiger partial charge in [-0.05, 0) is 63.3 Å². The lowest BCUT2D eigenvalue weighted by molar-refractivity contribution is 0.579. The Balaban J connectivity index is 1.97. The summed E-state index contributed by atoms with van der Waals surface area (Å²) in [5.74, 6) is 1.43. The molecule has 6 rings (SSSR count). The summed E-state index contributed by atoms with van der Waals surface area (Å²) < 4.78 is 0. The number of benzene rings is 3. The van der Waals surface area contributed by atoms with Gasteiger partial charge in [-0.1, -0.05) is 88.4 Å². The van der Waals surface area contributed by atoms with Gasteiger partial charge < -0.3 is 0 Å². The molecular weight excluding hydrogens is 324 g/mol. The zero-order valence-corrected chi connectivity index (χ0v) is 17.0. The minimum atomic E-state index is -0.0637. The van der Waals surface area contributed by atoms with Gasteiger partial charge in [0.1, 0.15) is 0 Å². The minimum Gasteiger partial charge on any atom is -0.0619 e. The summed E-state index contributed by atoms with van der Waals surface area (Å²) in [6.07, 6.45) is 0. The SMILES string of the molecule is CC(C)c1cccc2c1C1c3ccccc3C2(C)c2cccc(C(C)C)c21. The summed E-state index contributed by atoms with van der Waals surface area (Å²) in [5, 5.41) is 0. The maximum absolute atomic E-state index is 2.45. The van der Waals surface area contributed by atoms with Gasteiger partial charge in [0, 0.05) is 11.3 Å². The normalized spacial score (nSPS) is 22.0. The molecule has 0 unspecified atom stereocenters. The molecule has 0 N–H and O–H groups in total. The molecule has 27 heavy (non-hydrogen) atoms. The zero-order chi connectivity index (χ0) is 18.9. The fourth-order valence-electron chi connectivity index (χ4n) is 5.78. The van der Waals surface area contributed by atoms with Crippen molar-refractivity contribution in [3.63, 3.8) is 0 Å². The summed E-state index contributed by atoms with van der Waals surface area (Å²) in [7, 11) is 0. The van der Waals surface area contributed by atoms with Gasteiger partial charge >= 0.3 is 0 Å². The second-order valence-corrected chi connectivity index (χ2v) is 9.07. The molecule has 0 saturated heterocycles. The third kappa shape index (κ3) is 1.99. The predicted octanol–water partition coefficient (Wildman–Crippen LogP) is 7.09. The van der Waals surface area contributed by atoms with E-state index in [1.54, 1.807) is 11.1 Å². The summed E-state index contributed by atoms with van der Waals surface area (Å²) >= 11 is 0. The van der Waals surface area contributed by atoms with Crippen LogP contribution in [0, 0.1) is 0 Å². The van der Waals surface area contributed by atoms with Crippen molar-refractivity contribution in [2.24, 2.45) is 0 Å². The number of hydrogen-bond acceptors (Lipinski definition) is 0. The van der Waals surface area contributed by atoms with E-state index >= 15 is 0 Å². The van der Waals surface area contributed by atoms with E-state index in [9.17, 15) is 0 Å². The Morgan fingerprint density at radius 1 is 0.630 bits per heavy atom. The summed E-state index contributed by atoms with van der Waals surface area (Å²) in [6, 6.07) is 23.2. The lowest BCUT2D eigenvalue weighted by Crippen LogP contribution is -2.41. The molecule has 0 saturated carbocycles. The molecule has 0 heterocycles. The summed E-state index contributed by atoms with van der Waals surface area (Å²) in [5.41, 5.74) is 12.2.